The van der Waals surface area contributed by atoms with Crippen LogP contribution in [0.3, 0.4) is 0 Å². The molecule has 0 aromatic heterocycles. The first kappa shape index (κ1) is 47.7. The highest BCUT2D eigenvalue weighted by Gasteiger charge is 2.39. The number of unbranched alkanes of at least 4 members (excludes halogenated alkanes) is 3. The number of ether oxygens (including phenoxy) is 2. The average Bonchev–Trinajstić information content (AvgIpc) is 3.36. The van der Waals surface area contributed by atoms with Crippen molar-refractivity contribution >= 4 is 34.3 Å². The SMILES string of the molecule is CCCCCOC1=NC(c2c(O)cc(O)cc2O)NC(C2=CC3=C(C=C(C(C)CCCCOC4CC(c5c6c(cc7ccccc57)CCC=C6)=NC(C5C(O)C=CCC5O)=N4)CC3)C3CCC=CC23)=C1. The van der Waals surface area contributed by atoms with Crippen molar-refractivity contribution in [1.82, 2.24) is 5.32 Å². The smallest absolute Gasteiger partial charge is 0.213 e. The normalized spacial score (nSPS) is 26.4. The highest BCUT2D eigenvalue weighted by atomic mass is 16.5. The summed E-state index contributed by atoms with van der Waals surface area (Å²) in [6.45, 7) is 5.59. The molecule has 2 heterocycles. The Kier molecular flexibility index (Phi) is 14.4. The Hall–Kier alpha value is -6.01. The summed E-state index contributed by atoms with van der Waals surface area (Å²) in [5.74, 6) is 0.443. The molecule has 8 unspecified atom stereocenters. The van der Waals surface area contributed by atoms with Crippen molar-refractivity contribution in [3.8, 4) is 17.2 Å². The van der Waals surface area contributed by atoms with Crippen LogP contribution in [0.4, 0.5) is 0 Å². The van der Waals surface area contributed by atoms with E-state index in [0.29, 0.717) is 49.6 Å². The summed E-state index contributed by atoms with van der Waals surface area (Å²) in [5, 5.41) is 60.0. The van der Waals surface area contributed by atoms with Gasteiger partial charge in [-0.1, -0.05) is 118 Å². The molecule has 3 aromatic rings. The van der Waals surface area contributed by atoms with Crippen LogP contribution >= 0.6 is 0 Å². The van der Waals surface area contributed by atoms with Crippen molar-refractivity contribution in [1.29, 1.82) is 0 Å². The van der Waals surface area contributed by atoms with Gasteiger partial charge in [0.25, 0.3) is 0 Å². The molecule has 0 bridgehead atoms. The van der Waals surface area contributed by atoms with E-state index in [4.69, 9.17) is 24.5 Å². The minimum Gasteiger partial charge on any atom is -0.508 e. The average molecular weight is 945 g/mol. The molecule has 0 amide bonds. The topological polar surface area (TPSA) is 169 Å². The number of phenols is 3. The third kappa shape index (κ3) is 9.98. The Bertz CT molecular complexity index is 2780. The van der Waals surface area contributed by atoms with Crippen LogP contribution in [0.25, 0.3) is 16.8 Å². The molecule has 5 aliphatic carbocycles. The van der Waals surface area contributed by atoms with E-state index in [2.05, 4.69) is 86.0 Å². The Labute approximate surface area is 411 Å². The molecule has 7 aliphatic rings. The van der Waals surface area contributed by atoms with Gasteiger partial charge in [-0.05, 0) is 115 Å². The van der Waals surface area contributed by atoms with Crippen LogP contribution in [0.2, 0.25) is 0 Å². The molecule has 366 valence electrons. The van der Waals surface area contributed by atoms with E-state index in [1.54, 1.807) is 6.08 Å². The summed E-state index contributed by atoms with van der Waals surface area (Å²) in [5.41, 5.74) is 11.0. The van der Waals surface area contributed by atoms with Gasteiger partial charge < -0.3 is 40.3 Å². The second-order valence-corrected chi connectivity index (χ2v) is 20.2. The molecule has 3 aromatic carbocycles. The highest BCUT2D eigenvalue weighted by Crippen LogP contribution is 2.49. The van der Waals surface area contributed by atoms with E-state index < -0.39 is 30.5 Å². The van der Waals surface area contributed by atoms with Gasteiger partial charge in [0, 0.05) is 48.4 Å². The Morgan fingerprint density at radius 1 is 0.857 bits per heavy atom. The summed E-state index contributed by atoms with van der Waals surface area (Å²) >= 11 is 0. The molecule has 0 saturated carbocycles. The predicted molar refractivity (Wildman–Crippen MR) is 278 cm³/mol. The number of hydrogen-bond acceptors (Lipinski definition) is 11. The minimum atomic E-state index is -0.880. The summed E-state index contributed by atoms with van der Waals surface area (Å²) in [4.78, 5) is 15.0. The summed E-state index contributed by atoms with van der Waals surface area (Å²) < 4.78 is 12.8. The molecular formula is C59H68N4O7. The number of phenolic OH excluding ortho intramolecular Hbond substituents is 3. The molecule has 6 N–H and O–H groups in total. The number of aromatic hydroxyl groups is 3. The highest BCUT2D eigenvalue weighted by molar-refractivity contribution is 6.18. The number of aryl methyl sites for hydroxylation is 1. The van der Waals surface area contributed by atoms with Crippen LogP contribution in [0.1, 0.15) is 126 Å². The van der Waals surface area contributed by atoms with Crippen LogP contribution in [-0.4, -0.2) is 74.6 Å². The van der Waals surface area contributed by atoms with Crippen molar-refractivity contribution in [2.24, 2.45) is 38.6 Å². The maximum Gasteiger partial charge on any atom is 0.213 e. The van der Waals surface area contributed by atoms with Gasteiger partial charge in [-0.2, -0.15) is 0 Å². The zero-order chi connectivity index (χ0) is 48.3. The van der Waals surface area contributed by atoms with Crippen molar-refractivity contribution in [2.75, 3.05) is 13.2 Å². The number of nitrogens with one attached hydrogen (secondary N) is 1. The van der Waals surface area contributed by atoms with E-state index >= 15 is 0 Å². The standard InChI is InChI=1S/C59H68N4O7/c1-3-4-12-26-69-53-33-47(60-59(62-53)57-51(67)31-40(64)32-52(57)68)46-30-39-25-24-36(29-45(39)43-20-9-10-21-44(43)46)35(2)15-11-13-27-70-54-34-48(61-58(63-54)56-49(65)22-14-23-50(56)66)55-41-18-7-5-16-37(41)28-38-17-6-8-19-42(38)55/h5,7-8,10,14,16,18-19,21-22,28-33,35,43-44,49-50,54,56,59-60,64-68H,3-4,6,9,11-13,15,17,20,23-27,34H2,1-2H3. The van der Waals surface area contributed by atoms with Crippen molar-refractivity contribution in [3.05, 3.63) is 141 Å². The fraction of sp³-hybridized carbons (Fsp3) is 0.441. The van der Waals surface area contributed by atoms with Gasteiger partial charge in [0.2, 0.25) is 5.90 Å². The third-order valence-corrected chi connectivity index (χ3v) is 15.4. The monoisotopic (exact) mass is 945 g/mol. The Balaban J connectivity index is 0.834. The fourth-order valence-corrected chi connectivity index (χ4v) is 11.7. The fourth-order valence-electron chi connectivity index (χ4n) is 11.7. The van der Waals surface area contributed by atoms with Crippen molar-refractivity contribution < 1.29 is 35.0 Å². The zero-order valence-electron chi connectivity index (χ0n) is 40.6. The molecule has 8 atom stereocenters. The summed E-state index contributed by atoms with van der Waals surface area (Å²) in [7, 11) is 0. The third-order valence-electron chi connectivity index (χ3n) is 15.4. The second kappa shape index (κ2) is 21.1. The molecule has 0 spiro atoms. The number of amidine groups is 1. The first-order valence-electron chi connectivity index (χ1n) is 25.9. The van der Waals surface area contributed by atoms with E-state index in [1.165, 1.54) is 45.4 Å². The molecule has 0 saturated heterocycles. The first-order valence-corrected chi connectivity index (χ1v) is 25.9. The van der Waals surface area contributed by atoms with Crippen LogP contribution in [0, 0.1) is 23.7 Å². The Morgan fingerprint density at radius 2 is 1.70 bits per heavy atom. The van der Waals surface area contributed by atoms with Gasteiger partial charge in [-0.15, -0.1) is 0 Å². The number of allylic oxidation sites excluding steroid dienone is 9. The van der Waals surface area contributed by atoms with Crippen molar-refractivity contribution in [3.63, 3.8) is 0 Å². The van der Waals surface area contributed by atoms with Gasteiger partial charge in [-0.25, -0.2) is 15.0 Å². The summed E-state index contributed by atoms with van der Waals surface area (Å²) in [6.07, 6.45) is 29.4. The van der Waals surface area contributed by atoms with Gasteiger partial charge >= 0.3 is 0 Å². The molecule has 2 aliphatic heterocycles. The number of rotatable bonds is 15. The lowest BCUT2D eigenvalue weighted by molar-refractivity contribution is 0.0504. The molecule has 11 nitrogen and oxygen atoms in total. The maximum absolute atomic E-state index is 11.1. The number of aliphatic hydroxyl groups excluding tert-OH is 2. The van der Waals surface area contributed by atoms with E-state index in [1.807, 2.05) is 12.2 Å². The van der Waals surface area contributed by atoms with E-state index in [0.717, 1.165) is 105 Å². The lowest BCUT2D eigenvalue weighted by atomic mass is 9.66. The summed E-state index contributed by atoms with van der Waals surface area (Å²) in [6, 6.07) is 13.2. The molecule has 70 heavy (non-hydrogen) atoms. The number of nitrogens with zero attached hydrogens (tertiary/aromatic N) is 3. The van der Waals surface area contributed by atoms with Gasteiger partial charge in [-0.3, -0.25) is 0 Å². The Morgan fingerprint density at radius 3 is 2.54 bits per heavy atom. The van der Waals surface area contributed by atoms with Crippen LogP contribution < -0.4 is 5.32 Å². The number of hydrogen-bond donors (Lipinski definition) is 6. The largest absolute Gasteiger partial charge is 0.508 e. The minimum absolute atomic E-state index is 0.133. The van der Waals surface area contributed by atoms with Gasteiger partial charge in [0.15, 0.2) is 12.4 Å². The molecule has 11 heteroatoms. The van der Waals surface area contributed by atoms with Crippen LogP contribution in [-0.2, 0) is 15.9 Å². The van der Waals surface area contributed by atoms with Crippen LogP contribution in [0.5, 0.6) is 17.2 Å². The number of aliphatic imine (C=N–C) groups is 3. The molecule has 10 rings (SSSR count). The number of benzene rings is 3. The molecule has 0 radical (unpaired) electrons. The zero-order valence-corrected chi connectivity index (χ0v) is 40.6. The van der Waals surface area contributed by atoms with Crippen LogP contribution in [0.15, 0.2) is 134 Å². The lowest BCUT2D eigenvalue weighted by Gasteiger charge is -2.40. The maximum atomic E-state index is 11.1. The molecule has 0 fully saturated rings. The number of aliphatic hydroxyl groups is 2. The predicted octanol–water partition coefficient (Wildman–Crippen LogP) is 11.3. The van der Waals surface area contributed by atoms with Gasteiger partial charge in [0.05, 0.1) is 36.0 Å². The van der Waals surface area contributed by atoms with E-state index in [9.17, 15) is 25.5 Å². The van der Waals surface area contributed by atoms with Gasteiger partial charge in [0.1, 0.15) is 23.1 Å². The number of fused-ring (bicyclic) bond motifs is 4. The first-order chi connectivity index (χ1) is 34.1. The van der Waals surface area contributed by atoms with E-state index in [-0.39, 0.29) is 28.7 Å². The second-order valence-electron chi connectivity index (χ2n) is 20.2. The molecular weight excluding hydrogens is 877 g/mol. The van der Waals surface area contributed by atoms with Crippen molar-refractivity contribution in [2.45, 2.75) is 128 Å². The lowest BCUT2D eigenvalue weighted by Crippen LogP contribution is -2.41. The quantitative estimate of drug-likeness (QED) is 0.0646.